The summed E-state index contributed by atoms with van der Waals surface area (Å²) in [5.74, 6) is -0.963. The Kier molecular flexibility index (Phi) is 4.65. The molecule has 6 nitrogen and oxygen atoms in total. The maximum Gasteiger partial charge on any atom is 0.257 e. The summed E-state index contributed by atoms with van der Waals surface area (Å²) >= 11 is 5.74. The van der Waals surface area contributed by atoms with Gasteiger partial charge in [0.1, 0.15) is 5.82 Å². The Balaban J connectivity index is 1.56. The molecule has 1 saturated carbocycles. The number of halogens is 2. The van der Waals surface area contributed by atoms with Gasteiger partial charge in [-0.1, -0.05) is 11.6 Å². The Bertz CT molecular complexity index is 1020. The van der Waals surface area contributed by atoms with Crippen LogP contribution in [0, 0.1) is 5.82 Å². The van der Waals surface area contributed by atoms with Crippen molar-refractivity contribution in [1.29, 1.82) is 0 Å². The van der Waals surface area contributed by atoms with Crippen molar-refractivity contribution >= 4 is 33.2 Å². The summed E-state index contributed by atoms with van der Waals surface area (Å²) in [6.07, 6.45) is 5.59. The van der Waals surface area contributed by atoms with Gasteiger partial charge in [-0.2, -0.15) is 0 Å². The lowest BCUT2D eigenvalue weighted by Gasteiger charge is -2.14. The molecular weight excluding hydrogens is 393 g/mol. The Morgan fingerprint density at radius 3 is 2.70 bits per heavy atom. The van der Waals surface area contributed by atoms with E-state index in [-0.39, 0.29) is 16.3 Å². The number of carbonyl (C=O) groups is 1. The third-order valence-corrected chi connectivity index (χ3v) is 7.09. The Labute approximate surface area is 161 Å². The van der Waals surface area contributed by atoms with Gasteiger partial charge in [-0.15, -0.1) is 0 Å². The van der Waals surface area contributed by atoms with E-state index in [0.29, 0.717) is 36.9 Å². The van der Waals surface area contributed by atoms with Crippen molar-refractivity contribution in [1.82, 2.24) is 9.71 Å². The number of carbonyl (C=O) groups excluding carboxylic acids is 1. The number of nitrogens with zero attached hydrogens (tertiary/aromatic N) is 1. The molecule has 1 aromatic heterocycles. The number of nitrogens with one attached hydrogen (secondary N) is 2. The highest BCUT2D eigenvalue weighted by Crippen LogP contribution is 2.36. The number of amides is 1. The number of pyridine rings is 1. The Morgan fingerprint density at radius 2 is 2.00 bits per heavy atom. The van der Waals surface area contributed by atoms with Crippen LogP contribution in [0.1, 0.15) is 46.8 Å². The lowest BCUT2D eigenvalue weighted by molar-refractivity contribution is 0.102. The highest BCUT2D eigenvalue weighted by atomic mass is 35.5. The zero-order valence-corrected chi connectivity index (χ0v) is 15.8. The van der Waals surface area contributed by atoms with Crippen molar-refractivity contribution in [2.75, 3.05) is 5.32 Å². The third-order valence-electron chi connectivity index (χ3n) is 4.84. The topological polar surface area (TPSA) is 88.2 Å². The van der Waals surface area contributed by atoms with Crippen LogP contribution >= 0.6 is 11.6 Å². The van der Waals surface area contributed by atoms with Gasteiger partial charge in [0, 0.05) is 24.1 Å². The molecule has 1 unspecified atom stereocenters. The predicted molar refractivity (Wildman–Crippen MR) is 99.7 cm³/mol. The normalized spacial score (nSPS) is 19.0. The summed E-state index contributed by atoms with van der Waals surface area (Å²) in [6, 6.07) is 3.56. The molecule has 0 aliphatic heterocycles. The van der Waals surface area contributed by atoms with Gasteiger partial charge in [0.15, 0.2) is 0 Å². The van der Waals surface area contributed by atoms with Gasteiger partial charge < -0.3 is 5.32 Å². The van der Waals surface area contributed by atoms with E-state index < -0.39 is 21.7 Å². The first-order valence-corrected chi connectivity index (χ1v) is 10.5. The minimum atomic E-state index is -3.33. The van der Waals surface area contributed by atoms with Crippen molar-refractivity contribution in [3.8, 4) is 0 Å². The van der Waals surface area contributed by atoms with Crippen molar-refractivity contribution in [2.24, 2.45) is 0 Å². The van der Waals surface area contributed by atoms with E-state index in [2.05, 4.69) is 15.0 Å². The second-order valence-electron chi connectivity index (χ2n) is 6.79. The van der Waals surface area contributed by atoms with Crippen molar-refractivity contribution in [3.63, 3.8) is 0 Å². The minimum Gasteiger partial charge on any atom is -0.322 e. The van der Waals surface area contributed by atoms with Crippen LogP contribution in [-0.4, -0.2) is 24.6 Å². The molecule has 27 heavy (non-hydrogen) atoms. The van der Waals surface area contributed by atoms with Gasteiger partial charge in [0.2, 0.25) is 10.0 Å². The summed E-state index contributed by atoms with van der Waals surface area (Å²) in [5.41, 5.74) is 2.25. The number of rotatable bonds is 5. The fourth-order valence-electron chi connectivity index (χ4n) is 3.29. The first-order valence-electron chi connectivity index (χ1n) is 8.59. The molecule has 2 N–H and O–H groups in total. The molecule has 0 saturated heterocycles. The predicted octanol–water partition coefficient (Wildman–Crippen LogP) is 3.20. The van der Waals surface area contributed by atoms with Crippen LogP contribution < -0.4 is 10.0 Å². The minimum absolute atomic E-state index is 0.0845. The first-order chi connectivity index (χ1) is 12.8. The molecule has 2 aromatic rings. The number of hydrogen-bond donors (Lipinski definition) is 2. The molecule has 1 amide bonds. The first kappa shape index (κ1) is 18.3. The highest BCUT2D eigenvalue weighted by Gasteiger charge is 2.39. The summed E-state index contributed by atoms with van der Waals surface area (Å²) in [4.78, 5) is 16.8. The van der Waals surface area contributed by atoms with Crippen molar-refractivity contribution < 1.29 is 17.6 Å². The van der Waals surface area contributed by atoms with Crippen LogP contribution in [0.3, 0.4) is 0 Å². The lowest BCUT2D eigenvalue weighted by Crippen LogP contribution is -2.30. The monoisotopic (exact) mass is 409 g/mol. The second kappa shape index (κ2) is 6.85. The van der Waals surface area contributed by atoms with Crippen LogP contribution in [0.4, 0.5) is 10.1 Å². The van der Waals surface area contributed by atoms with Gasteiger partial charge in [0.25, 0.3) is 5.91 Å². The van der Waals surface area contributed by atoms with Gasteiger partial charge in [-0.05, 0) is 55.0 Å². The molecule has 142 valence electrons. The van der Waals surface area contributed by atoms with E-state index in [0.717, 1.165) is 11.1 Å². The highest BCUT2D eigenvalue weighted by molar-refractivity contribution is 7.90. The number of benzene rings is 1. The summed E-state index contributed by atoms with van der Waals surface area (Å²) in [7, 11) is -3.33. The molecule has 1 fully saturated rings. The number of fused-ring (bicyclic) bond motifs is 1. The van der Waals surface area contributed by atoms with Crippen LogP contribution in [0.2, 0.25) is 5.02 Å². The standard InChI is InChI=1S/C18H17ClFN3O3S/c19-15-7-10(1-5-16(15)20)22-18(24)14-9-21-8-13-12(14)4-6-17(13)23-27(25,26)11-2-3-11/h1,5,7-9,11,17,23H,2-4,6H2,(H,22,24). The smallest absolute Gasteiger partial charge is 0.257 e. The average molecular weight is 410 g/mol. The number of anilines is 1. The van der Waals surface area contributed by atoms with Crippen LogP contribution in [0.15, 0.2) is 30.6 Å². The van der Waals surface area contributed by atoms with Gasteiger partial charge in [-0.25, -0.2) is 17.5 Å². The molecule has 0 radical (unpaired) electrons. The molecule has 2 aliphatic rings. The molecular formula is C18H17ClFN3O3S. The zero-order chi connectivity index (χ0) is 19.2. The van der Waals surface area contributed by atoms with Gasteiger partial charge in [-0.3, -0.25) is 9.78 Å². The van der Waals surface area contributed by atoms with E-state index in [1.807, 2.05) is 0 Å². The summed E-state index contributed by atoms with van der Waals surface area (Å²) in [5, 5.41) is 2.29. The third kappa shape index (κ3) is 3.69. The number of hydrogen-bond acceptors (Lipinski definition) is 4. The zero-order valence-electron chi connectivity index (χ0n) is 14.2. The van der Waals surface area contributed by atoms with Crippen LogP contribution in [0.5, 0.6) is 0 Å². The van der Waals surface area contributed by atoms with Crippen molar-refractivity contribution in [2.45, 2.75) is 37.0 Å². The molecule has 4 rings (SSSR count). The molecule has 1 aromatic carbocycles. The lowest BCUT2D eigenvalue weighted by atomic mass is 10.1. The molecule has 2 aliphatic carbocycles. The fourth-order valence-corrected chi connectivity index (χ4v) is 5.06. The molecule has 1 heterocycles. The molecule has 0 spiro atoms. The average Bonchev–Trinajstić information content (AvgIpc) is 3.42. The van der Waals surface area contributed by atoms with E-state index >= 15 is 0 Å². The Morgan fingerprint density at radius 1 is 1.22 bits per heavy atom. The van der Waals surface area contributed by atoms with Gasteiger partial charge in [0.05, 0.1) is 15.8 Å². The fraction of sp³-hybridized carbons (Fsp3) is 0.333. The maximum atomic E-state index is 13.3. The Hall–Kier alpha value is -2.03. The van der Waals surface area contributed by atoms with E-state index in [1.165, 1.54) is 24.4 Å². The SMILES string of the molecule is O=C(Nc1ccc(F)c(Cl)c1)c1cncc2c1CCC2NS(=O)(=O)C1CC1. The van der Waals surface area contributed by atoms with E-state index in [4.69, 9.17) is 11.6 Å². The molecule has 9 heteroatoms. The quantitative estimate of drug-likeness (QED) is 0.793. The van der Waals surface area contributed by atoms with Crippen molar-refractivity contribution in [3.05, 3.63) is 58.1 Å². The van der Waals surface area contributed by atoms with E-state index in [1.54, 1.807) is 6.20 Å². The number of aromatic nitrogens is 1. The largest absolute Gasteiger partial charge is 0.322 e. The van der Waals surface area contributed by atoms with Gasteiger partial charge >= 0.3 is 0 Å². The van der Waals surface area contributed by atoms with Crippen LogP contribution in [-0.2, 0) is 16.4 Å². The molecule has 0 bridgehead atoms. The van der Waals surface area contributed by atoms with E-state index in [9.17, 15) is 17.6 Å². The summed E-state index contributed by atoms with van der Waals surface area (Å²) < 4.78 is 40.5. The maximum absolute atomic E-state index is 13.3. The number of sulfonamides is 1. The molecule has 1 atom stereocenters. The second-order valence-corrected chi connectivity index (χ2v) is 9.19. The van der Waals surface area contributed by atoms with Crippen LogP contribution in [0.25, 0.3) is 0 Å². The summed E-state index contributed by atoms with van der Waals surface area (Å²) in [6.45, 7) is 0.